The number of rotatable bonds is 2. The van der Waals surface area contributed by atoms with Crippen LogP contribution in [0.3, 0.4) is 0 Å². The van der Waals surface area contributed by atoms with Crippen LogP contribution in [-0.2, 0) is 33.4 Å². The molecule has 0 aromatic heterocycles. The van der Waals surface area contributed by atoms with E-state index in [1.165, 1.54) is 19.9 Å². The van der Waals surface area contributed by atoms with E-state index < -0.39 is 39.4 Å². The second-order valence-electron chi connectivity index (χ2n) is 12.9. The molecule has 4 fully saturated rings. The van der Waals surface area contributed by atoms with Crippen LogP contribution in [0.1, 0.15) is 85.5 Å². The third kappa shape index (κ3) is 2.79. The van der Waals surface area contributed by atoms with Crippen LogP contribution in [0, 0.1) is 34.0 Å². The molecule has 0 N–H and O–H groups in total. The predicted octanol–water partition coefficient (Wildman–Crippen LogP) is 4.79. The van der Waals surface area contributed by atoms with Gasteiger partial charge >= 0.3 is 11.9 Å². The zero-order valence-corrected chi connectivity index (χ0v) is 23.2. The molecule has 8 heteroatoms. The fourth-order valence-corrected chi connectivity index (χ4v) is 10.3. The van der Waals surface area contributed by atoms with E-state index in [-0.39, 0.29) is 47.9 Å². The molecule has 8 atom stereocenters. The first-order valence-corrected chi connectivity index (χ1v) is 14.3. The van der Waals surface area contributed by atoms with Gasteiger partial charge in [0.2, 0.25) is 5.78 Å². The molecule has 0 aromatic rings. The van der Waals surface area contributed by atoms with Gasteiger partial charge in [-0.15, -0.1) is 0 Å². The van der Waals surface area contributed by atoms with Crippen molar-refractivity contribution in [3.05, 3.63) is 22.8 Å². The summed E-state index contributed by atoms with van der Waals surface area (Å²) in [7, 11) is 0. The molecule has 0 amide bonds. The second-order valence-corrected chi connectivity index (χ2v) is 13.3. The van der Waals surface area contributed by atoms with Crippen LogP contribution in [0.2, 0.25) is 0 Å². The van der Waals surface area contributed by atoms with Crippen LogP contribution < -0.4 is 0 Å². The van der Waals surface area contributed by atoms with E-state index >= 15 is 0 Å². The molecular formula is C30H35ClO7. The molecule has 6 rings (SSSR count). The Labute approximate surface area is 227 Å². The normalized spacial score (nSPS) is 47.3. The lowest BCUT2D eigenvalue weighted by molar-refractivity contribution is -0.187. The number of esters is 2. The van der Waals surface area contributed by atoms with Crippen molar-refractivity contribution in [3.8, 4) is 0 Å². The minimum atomic E-state index is -1.46. The van der Waals surface area contributed by atoms with Crippen LogP contribution in [0.15, 0.2) is 22.8 Å². The maximum Gasteiger partial charge on any atom is 0.306 e. The van der Waals surface area contributed by atoms with Gasteiger partial charge in [-0.2, -0.15) is 0 Å². The minimum Gasteiger partial charge on any atom is -0.451 e. The molecule has 1 saturated heterocycles. The number of Topliss-reactive ketones (excluding diaryl/α,β-unsaturated/α-hetero) is 2. The van der Waals surface area contributed by atoms with Gasteiger partial charge in [-0.05, 0) is 74.9 Å². The number of halogens is 1. The third-order valence-corrected chi connectivity index (χ3v) is 12.0. The van der Waals surface area contributed by atoms with Gasteiger partial charge in [0.05, 0.1) is 5.41 Å². The molecule has 0 spiro atoms. The van der Waals surface area contributed by atoms with E-state index in [1.807, 2.05) is 13.0 Å². The molecule has 0 aromatic carbocycles. The quantitative estimate of drug-likeness (QED) is 0.462. The molecule has 1 heterocycles. The summed E-state index contributed by atoms with van der Waals surface area (Å²) in [5, 5.41) is 0.452. The highest BCUT2D eigenvalue weighted by Crippen LogP contribution is 2.80. The van der Waals surface area contributed by atoms with Crippen molar-refractivity contribution < 1.29 is 33.4 Å². The standard InChI is InChI=1S/C30H35ClO7/c1-16(32)29(37-17(2)33)12-10-19-18-13-22(31)21-14-24(35)30-15-28(30,23(34)7-5-6-8-25(36)38-30)27(21,4)20(18)9-11-26(19,29)3/h13-14,18-20H,5-12,15H2,1-4H3/t18-,19-,20-,26-,27+,28-,29-,30+/m0/s1. The van der Waals surface area contributed by atoms with Crippen LogP contribution in [0.5, 0.6) is 0 Å². The largest absolute Gasteiger partial charge is 0.451 e. The van der Waals surface area contributed by atoms with Crippen LogP contribution in [-0.4, -0.2) is 40.5 Å². The summed E-state index contributed by atoms with van der Waals surface area (Å²) in [6.07, 6.45) is 7.78. The summed E-state index contributed by atoms with van der Waals surface area (Å²) in [5.41, 5.74) is -4.52. The van der Waals surface area contributed by atoms with Crippen molar-refractivity contribution in [3.63, 3.8) is 0 Å². The summed E-state index contributed by atoms with van der Waals surface area (Å²) in [6.45, 7) is 6.95. The number of carbonyl (C=O) groups excluding carboxylic acids is 5. The molecule has 0 bridgehead atoms. The second kappa shape index (κ2) is 7.89. The maximum atomic E-state index is 14.1. The van der Waals surface area contributed by atoms with Crippen molar-refractivity contribution in [2.24, 2.45) is 34.0 Å². The molecule has 204 valence electrons. The van der Waals surface area contributed by atoms with Gasteiger partial charge in [-0.25, -0.2) is 0 Å². The molecule has 7 nitrogen and oxygen atoms in total. The summed E-state index contributed by atoms with van der Waals surface area (Å²) < 4.78 is 11.8. The molecule has 0 radical (unpaired) electrons. The van der Waals surface area contributed by atoms with Crippen LogP contribution in [0.25, 0.3) is 0 Å². The number of carbonyl (C=O) groups is 5. The average Bonchev–Trinajstić information content (AvgIpc) is 3.43. The summed E-state index contributed by atoms with van der Waals surface area (Å²) >= 11 is 6.98. The van der Waals surface area contributed by atoms with E-state index in [0.717, 1.165) is 0 Å². The first-order valence-electron chi connectivity index (χ1n) is 13.9. The minimum absolute atomic E-state index is 0.00668. The van der Waals surface area contributed by atoms with E-state index in [9.17, 15) is 24.0 Å². The Morgan fingerprint density at radius 2 is 1.71 bits per heavy atom. The Balaban J connectivity index is 1.50. The zero-order chi connectivity index (χ0) is 27.5. The van der Waals surface area contributed by atoms with Gasteiger partial charge in [0.25, 0.3) is 0 Å². The highest BCUT2D eigenvalue weighted by atomic mass is 35.5. The Hall–Kier alpha value is -2.28. The summed E-state index contributed by atoms with van der Waals surface area (Å²) in [4.78, 5) is 65.6. The van der Waals surface area contributed by atoms with Crippen LogP contribution in [0.4, 0.5) is 0 Å². The average molecular weight is 543 g/mol. The highest BCUT2D eigenvalue weighted by molar-refractivity contribution is 6.33. The lowest BCUT2D eigenvalue weighted by Crippen LogP contribution is -2.61. The molecule has 38 heavy (non-hydrogen) atoms. The summed E-state index contributed by atoms with van der Waals surface area (Å²) in [6, 6.07) is 0. The molecule has 0 unspecified atom stereocenters. The number of allylic oxidation sites excluding steroid dienone is 3. The van der Waals surface area contributed by atoms with E-state index in [2.05, 4.69) is 6.92 Å². The Bertz CT molecular complexity index is 1260. The molecule has 3 saturated carbocycles. The topological polar surface area (TPSA) is 104 Å². The van der Waals surface area contributed by atoms with Gasteiger partial charge in [-0.3, -0.25) is 24.0 Å². The van der Waals surface area contributed by atoms with Crippen molar-refractivity contribution in [2.75, 3.05) is 0 Å². The first-order chi connectivity index (χ1) is 17.8. The molecule has 6 aliphatic rings. The van der Waals surface area contributed by atoms with E-state index in [1.54, 1.807) is 0 Å². The van der Waals surface area contributed by atoms with Crippen molar-refractivity contribution in [1.29, 1.82) is 0 Å². The van der Waals surface area contributed by atoms with Gasteiger partial charge in [-0.1, -0.05) is 31.5 Å². The lowest BCUT2D eigenvalue weighted by atomic mass is 9.44. The monoisotopic (exact) mass is 542 g/mol. The van der Waals surface area contributed by atoms with Crippen molar-refractivity contribution in [2.45, 2.75) is 96.7 Å². The van der Waals surface area contributed by atoms with Gasteiger partial charge in [0, 0.05) is 42.0 Å². The zero-order valence-electron chi connectivity index (χ0n) is 22.5. The van der Waals surface area contributed by atoms with Crippen molar-refractivity contribution in [1.82, 2.24) is 0 Å². The predicted molar refractivity (Wildman–Crippen MR) is 137 cm³/mol. The fourth-order valence-electron chi connectivity index (χ4n) is 9.91. The molecule has 5 aliphatic carbocycles. The van der Waals surface area contributed by atoms with Gasteiger partial charge < -0.3 is 9.47 Å². The number of hydrogen-bond donors (Lipinski definition) is 0. The van der Waals surface area contributed by atoms with Gasteiger partial charge in [0.15, 0.2) is 17.0 Å². The number of ether oxygens (including phenoxy) is 2. The smallest absolute Gasteiger partial charge is 0.306 e. The maximum absolute atomic E-state index is 14.1. The number of ketones is 3. The first kappa shape index (κ1) is 26.0. The fraction of sp³-hybridized carbons (Fsp3) is 0.700. The van der Waals surface area contributed by atoms with Crippen molar-refractivity contribution >= 4 is 40.9 Å². The van der Waals surface area contributed by atoms with E-state index in [4.69, 9.17) is 21.1 Å². The molecular weight excluding hydrogens is 508 g/mol. The summed E-state index contributed by atoms with van der Waals surface area (Å²) in [5.74, 6) is -1.54. The highest BCUT2D eigenvalue weighted by Gasteiger charge is 2.88. The Morgan fingerprint density at radius 3 is 2.39 bits per heavy atom. The lowest BCUT2D eigenvalue weighted by Gasteiger charge is -2.59. The SMILES string of the molecule is CC(=O)O[C@]1(C(C)=O)CC[C@H]2[C@@H]3C=C(Cl)C4=CC(=O)[C@]56C[C@]5(C(=O)CCCCC(=O)O6)[C@]4(C)[C@H]3CC[C@@]21C. The van der Waals surface area contributed by atoms with Crippen LogP contribution >= 0.6 is 11.6 Å². The van der Waals surface area contributed by atoms with Gasteiger partial charge in [0.1, 0.15) is 5.78 Å². The Morgan fingerprint density at radius 1 is 1.03 bits per heavy atom. The number of fused-ring (bicyclic) bond motifs is 5. The number of hydrogen-bond acceptors (Lipinski definition) is 7. The third-order valence-electron chi connectivity index (χ3n) is 11.7. The Kier molecular flexibility index (Phi) is 5.39. The van der Waals surface area contributed by atoms with E-state index in [0.29, 0.717) is 55.6 Å². The molecule has 1 aliphatic heterocycles.